The number of imidazole rings is 1. The number of para-hydroxylation sites is 2. The Morgan fingerprint density at radius 3 is 2.35 bits per heavy atom. The summed E-state index contributed by atoms with van der Waals surface area (Å²) in [6.07, 6.45) is 11.0. The molecule has 2 aromatic carbocycles. The maximum Gasteiger partial charge on any atom is 0.251 e. The molecular weight excluding hydrogens is 389 g/mol. The van der Waals surface area contributed by atoms with Gasteiger partial charge < -0.3 is 9.88 Å². The molecule has 1 amide bonds. The minimum Gasteiger partial charge on any atom is -0.352 e. The van der Waals surface area contributed by atoms with Crippen molar-refractivity contribution >= 4 is 16.9 Å². The minimum absolute atomic E-state index is 0.189. The first-order chi connectivity index (χ1) is 15.2. The fourth-order valence-corrected chi connectivity index (χ4v) is 3.96. The lowest BCUT2D eigenvalue weighted by Crippen LogP contribution is -2.26. The average molecular weight is 424 g/mol. The van der Waals surface area contributed by atoms with E-state index in [0.717, 1.165) is 29.8 Å². The highest BCUT2D eigenvalue weighted by atomic mass is 19.1. The lowest BCUT2D eigenvalue weighted by molar-refractivity contribution is 0.0954. The Bertz CT molecular complexity index is 949. The van der Waals surface area contributed by atoms with Crippen LogP contribution in [0.25, 0.3) is 11.0 Å². The van der Waals surface area contributed by atoms with Crippen LogP contribution >= 0.6 is 0 Å². The lowest BCUT2D eigenvalue weighted by Gasteiger charge is -2.10. The SMILES string of the molecule is CCCCCCCCCCn1c(CCNC(=O)c2ccc(F)cc2)nc2ccccc21. The smallest absolute Gasteiger partial charge is 0.251 e. The van der Waals surface area contributed by atoms with Crippen molar-refractivity contribution in [2.45, 2.75) is 71.3 Å². The summed E-state index contributed by atoms with van der Waals surface area (Å²) >= 11 is 0. The van der Waals surface area contributed by atoms with Gasteiger partial charge in [0, 0.05) is 25.1 Å². The van der Waals surface area contributed by atoms with Crippen molar-refractivity contribution in [2.24, 2.45) is 0 Å². The summed E-state index contributed by atoms with van der Waals surface area (Å²) in [5, 5.41) is 2.92. The number of rotatable bonds is 13. The largest absolute Gasteiger partial charge is 0.352 e. The average Bonchev–Trinajstić information content (AvgIpc) is 3.13. The zero-order valence-electron chi connectivity index (χ0n) is 18.6. The van der Waals surface area contributed by atoms with E-state index < -0.39 is 0 Å². The molecule has 0 unspecified atom stereocenters. The van der Waals surface area contributed by atoms with Gasteiger partial charge in [-0.2, -0.15) is 0 Å². The molecule has 0 atom stereocenters. The van der Waals surface area contributed by atoms with Crippen molar-refractivity contribution in [2.75, 3.05) is 6.54 Å². The van der Waals surface area contributed by atoms with Crippen LogP contribution in [0.3, 0.4) is 0 Å². The number of aryl methyl sites for hydroxylation is 1. The molecule has 0 bridgehead atoms. The maximum absolute atomic E-state index is 13.0. The Morgan fingerprint density at radius 1 is 0.935 bits per heavy atom. The maximum atomic E-state index is 13.0. The molecule has 0 fully saturated rings. The van der Waals surface area contributed by atoms with Crippen LogP contribution in [0.5, 0.6) is 0 Å². The number of hydrogen-bond donors (Lipinski definition) is 1. The van der Waals surface area contributed by atoms with Crippen LogP contribution in [0.15, 0.2) is 48.5 Å². The Hall–Kier alpha value is -2.69. The van der Waals surface area contributed by atoms with Crippen molar-refractivity contribution < 1.29 is 9.18 Å². The quantitative estimate of drug-likeness (QED) is 0.329. The van der Waals surface area contributed by atoms with Gasteiger partial charge in [0.05, 0.1) is 11.0 Å². The first-order valence-electron chi connectivity index (χ1n) is 11.7. The van der Waals surface area contributed by atoms with E-state index in [2.05, 4.69) is 22.9 Å². The number of aromatic nitrogens is 2. The standard InChI is InChI=1S/C26H34FN3O/c1-2-3-4-5-6-7-8-11-20-30-24-13-10-9-12-23(24)29-25(30)18-19-28-26(31)21-14-16-22(27)17-15-21/h9-10,12-17H,2-8,11,18-20H2,1H3,(H,28,31). The third-order valence-corrected chi connectivity index (χ3v) is 5.71. The van der Waals surface area contributed by atoms with Crippen molar-refractivity contribution in [1.29, 1.82) is 0 Å². The fourth-order valence-electron chi connectivity index (χ4n) is 3.96. The zero-order valence-corrected chi connectivity index (χ0v) is 18.6. The molecule has 166 valence electrons. The van der Waals surface area contributed by atoms with Gasteiger partial charge in [0.25, 0.3) is 5.91 Å². The summed E-state index contributed by atoms with van der Waals surface area (Å²) in [7, 11) is 0. The van der Waals surface area contributed by atoms with E-state index in [-0.39, 0.29) is 11.7 Å². The van der Waals surface area contributed by atoms with Crippen LogP contribution in [0.1, 0.15) is 74.5 Å². The van der Waals surface area contributed by atoms with E-state index in [4.69, 9.17) is 4.98 Å². The first-order valence-corrected chi connectivity index (χ1v) is 11.7. The van der Waals surface area contributed by atoms with Gasteiger partial charge in [0.15, 0.2) is 0 Å². The summed E-state index contributed by atoms with van der Waals surface area (Å²) < 4.78 is 15.3. The summed E-state index contributed by atoms with van der Waals surface area (Å²) in [6.45, 7) is 3.70. The number of nitrogens with one attached hydrogen (secondary N) is 1. The van der Waals surface area contributed by atoms with Gasteiger partial charge in [-0.05, 0) is 42.8 Å². The van der Waals surface area contributed by atoms with Crippen LogP contribution in [0.2, 0.25) is 0 Å². The summed E-state index contributed by atoms with van der Waals surface area (Å²) in [5.74, 6) is 0.473. The molecule has 0 saturated carbocycles. The third-order valence-electron chi connectivity index (χ3n) is 5.71. The number of fused-ring (bicyclic) bond motifs is 1. The number of benzene rings is 2. The van der Waals surface area contributed by atoms with Crippen molar-refractivity contribution in [1.82, 2.24) is 14.9 Å². The van der Waals surface area contributed by atoms with Gasteiger partial charge in [-0.15, -0.1) is 0 Å². The Morgan fingerprint density at radius 2 is 1.61 bits per heavy atom. The van der Waals surface area contributed by atoms with Crippen LogP contribution in [-0.4, -0.2) is 22.0 Å². The Labute approximate surface area is 184 Å². The molecule has 1 aromatic heterocycles. The topological polar surface area (TPSA) is 46.9 Å². The van der Waals surface area contributed by atoms with Gasteiger partial charge in [0.1, 0.15) is 11.6 Å². The van der Waals surface area contributed by atoms with Gasteiger partial charge in [-0.3, -0.25) is 4.79 Å². The first kappa shape index (κ1) is 23.0. The molecule has 0 spiro atoms. The zero-order chi connectivity index (χ0) is 21.9. The van der Waals surface area contributed by atoms with Crippen LogP contribution in [0, 0.1) is 5.82 Å². The summed E-state index contributed by atoms with van der Waals surface area (Å²) in [5.41, 5.74) is 2.63. The molecule has 5 heteroatoms. The number of halogens is 1. The van der Waals surface area contributed by atoms with Crippen LogP contribution in [0.4, 0.5) is 4.39 Å². The van der Waals surface area contributed by atoms with Gasteiger partial charge in [-0.1, -0.05) is 64.0 Å². The highest BCUT2D eigenvalue weighted by molar-refractivity contribution is 5.94. The predicted octanol–water partition coefficient (Wildman–Crippen LogP) is 6.29. The Balaban J connectivity index is 1.52. The summed E-state index contributed by atoms with van der Waals surface area (Å²) in [4.78, 5) is 17.1. The lowest BCUT2D eigenvalue weighted by atomic mass is 10.1. The molecule has 3 aromatic rings. The van der Waals surface area contributed by atoms with Crippen molar-refractivity contribution in [3.8, 4) is 0 Å². The Kier molecular flexibility index (Phi) is 9.07. The summed E-state index contributed by atoms with van der Waals surface area (Å²) in [6, 6.07) is 13.8. The van der Waals surface area contributed by atoms with Crippen LogP contribution < -0.4 is 5.32 Å². The van der Waals surface area contributed by atoms with Gasteiger partial charge in [0.2, 0.25) is 0 Å². The molecule has 0 aliphatic heterocycles. The molecule has 0 saturated heterocycles. The predicted molar refractivity (Wildman–Crippen MR) is 125 cm³/mol. The van der Waals surface area contributed by atoms with E-state index in [0.29, 0.717) is 18.5 Å². The van der Waals surface area contributed by atoms with E-state index in [1.807, 2.05) is 18.2 Å². The van der Waals surface area contributed by atoms with Gasteiger partial charge in [-0.25, -0.2) is 9.37 Å². The molecule has 3 rings (SSSR count). The highest BCUT2D eigenvalue weighted by Gasteiger charge is 2.11. The second-order valence-electron chi connectivity index (χ2n) is 8.16. The van der Waals surface area contributed by atoms with Crippen molar-refractivity contribution in [3.63, 3.8) is 0 Å². The van der Waals surface area contributed by atoms with Crippen molar-refractivity contribution in [3.05, 3.63) is 65.7 Å². The molecule has 4 nitrogen and oxygen atoms in total. The molecule has 1 heterocycles. The van der Waals surface area contributed by atoms with Crippen LogP contribution in [-0.2, 0) is 13.0 Å². The van der Waals surface area contributed by atoms with E-state index in [1.165, 1.54) is 69.2 Å². The third kappa shape index (κ3) is 6.91. The molecule has 0 aliphatic rings. The van der Waals surface area contributed by atoms with Gasteiger partial charge >= 0.3 is 0 Å². The highest BCUT2D eigenvalue weighted by Crippen LogP contribution is 2.18. The molecule has 0 radical (unpaired) electrons. The second kappa shape index (κ2) is 12.2. The second-order valence-corrected chi connectivity index (χ2v) is 8.16. The number of carbonyl (C=O) groups excluding carboxylic acids is 1. The normalized spacial score (nSPS) is 11.2. The molecule has 31 heavy (non-hydrogen) atoms. The van der Waals surface area contributed by atoms with E-state index in [9.17, 15) is 9.18 Å². The molecule has 1 N–H and O–H groups in total. The fraction of sp³-hybridized carbons (Fsp3) is 0.462. The van der Waals surface area contributed by atoms with E-state index >= 15 is 0 Å². The molecule has 0 aliphatic carbocycles. The number of carbonyl (C=O) groups is 1. The molecular formula is C26H34FN3O. The minimum atomic E-state index is -0.341. The number of nitrogens with zero attached hydrogens (tertiary/aromatic N) is 2. The van der Waals surface area contributed by atoms with E-state index in [1.54, 1.807) is 0 Å². The number of hydrogen-bond acceptors (Lipinski definition) is 2. The monoisotopic (exact) mass is 423 g/mol. The number of amides is 1. The number of unbranched alkanes of at least 4 members (excludes halogenated alkanes) is 7.